The van der Waals surface area contributed by atoms with Gasteiger partial charge in [-0.05, 0) is 49.4 Å². The van der Waals surface area contributed by atoms with Gasteiger partial charge in [-0.15, -0.1) is 0 Å². The molecular weight excluding hydrogens is 260 g/mol. The molecule has 0 aromatic heterocycles. The fraction of sp³-hybridized carbons (Fsp3) is 0.571. The summed E-state index contributed by atoms with van der Waals surface area (Å²) in [6.07, 6.45) is 0.941. The molecule has 0 spiro atoms. The van der Waals surface area contributed by atoms with Gasteiger partial charge in [0.1, 0.15) is 0 Å². The molecule has 1 aromatic rings. The Kier molecular flexibility index (Phi) is 4.98. The molecule has 3 N–H and O–H groups in total. The zero-order valence-corrected chi connectivity index (χ0v) is 13.2. The number of nitrogens with one attached hydrogen (secondary N) is 1. The van der Waals surface area contributed by atoms with Crippen LogP contribution in [0.25, 0.3) is 0 Å². The van der Waals surface area contributed by atoms with Crippen LogP contribution in [0, 0.1) is 26.7 Å². The minimum absolute atomic E-state index is 0.317. The van der Waals surface area contributed by atoms with Crippen LogP contribution < -0.4 is 10.5 Å². The van der Waals surface area contributed by atoms with E-state index < -0.39 is 10.0 Å². The summed E-state index contributed by atoms with van der Waals surface area (Å²) < 4.78 is 27.5. The maximum absolute atomic E-state index is 12.4. The molecule has 0 amide bonds. The summed E-state index contributed by atoms with van der Waals surface area (Å²) in [5, 5.41) is 0. The van der Waals surface area contributed by atoms with E-state index in [1.807, 2.05) is 33.8 Å². The largest absolute Gasteiger partial charge is 0.398 e. The predicted octanol–water partition coefficient (Wildman–Crippen LogP) is 2.52. The van der Waals surface area contributed by atoms with E-state index >= 15 is 0 Å². The summed E-state index contributed by atoms with van der Waals surface area (Å²) in [6, 6.07) is 1.82. The van der Waals surface area contributed by atoms with Crippen LogP contribution in [-0.4, -0.2) is 15.0 Å². The normalized spacial score (nSPS) is 13.5. The second kappa shape index (κ2) is 5.92. The molecule has 4 nitrogen and oxygen atoms in total. The molecule has 1 rings (SSSR count). The summed E-state index contributed by atoms with van der Waals surface area (Å²) in [7, 11) is -3.50. The molecule has 0 heterocycles. The molecule has 19 heavy (non-hydrogen) atoms. The van der Waals surface area contributed by atoms with Crippen molar-refractivity contribution in [1.82, 2.24) is 4.72 Å². The van der Waals surface area contributed by atoms with Gasteiger partial charge in [-0.3, -0.25) is 0 Å². The molecule has 0 fully saturated rings. The Morgan fingerprint density at radius 2 is 1.84 bits per heavy atom. The Morgan fingerprint density at radius 3 is 2.37 bits per heavy atom. The van der Waals surface area contributed by atoms with E-state index in [4.69, 9.17) is 5.73 Å². The topological polar surface area (TPSA) is 72.2 Å². The molecule has 0 bridgehead atoms. The van der Waals surface area contributed by atoms with Gasteiger partial charge in [0.15, 0.2) is 0 Å². The highest BCUT2D eigenvalue weighted by molar-refractivity contribution is 7.89. The van der Waals surface area contributed by atoms with Gasteiger partial charge in [0.25, 0.3) is 0 Å². The van der Waals surface area contributed by atoms with Crippen molar-refractivity contribution in [3.63, 3.8) is 0 Å². The molecule has 0 aliphatic carbocycles. The smallest absolute Gasteiger partial charge is 0.241 e. The number of sulfonamides is 1. The third kappa shape index (κ3) is 3.48. The average molecular weight is 284 g/mol. The van der Waals surface area contributed by atoms with Crippen LogP contribution in [0.4, 0.5) is 5.69 Å². The van der Waals surface area contributed by atoms with E-state index in [1.165, 1.54) is 0 Å². The quantitative estimate of drug-likeness (QED) is 0.816. The fourth-order valence-corrected chi connectivity index (χ4v) is 3.65. The van der Waals surface area contributed by atoms with Crippen molar-refractivity contribution in [3.8, 4) is 0 Å². The molecule has 0 aliphatic heterocycles. The monoisotopic (exact) mass is 284 g/mol. The van der Waals surface area contributed by atoms with Crippen LogP contribution in [0.5, 0.6) is 0 Å². The highest BCUT2D eigenvalue weighted by Gasteiger charge is 2.22. The van der Waals surface area contributed by atoms with Gasteiger partial charge < -0.3 is 5.73 Å². The first-order chi connectivity index (χ1) is 8.70. The Bertz CT molecular complexity index is 539. The van der Waals surface area contributed by atoms with Crippen molar-refractivity contribution in [2.75, 3.05) is 12.3 Å². The van der Waals surface area contributed by atoms with E-state index in [2.05, 4.69) is 4.72 Å². The van der Waals surface area contributed by atoms with Crippen molar-refractivity contribution in [3.05, 3.63) is 22.8 Å². The number of hydrogen-bond acceptors (Lipinski definition) is 3. The van der Waals surface area contributed by atoms with Crippen molar-refractivity contribution in [1.29, 1.82) is 0 Å². The van der Waals surface area contributed by atoms with Gasteiger partial charge in [0.2, 0.25) is 10.0 Å². The van der Waals surface area contributed by atoms with Crippen LogP contribution >= 0.6 is 0 Å². The zero-order valence-electron chi connectivity index (χ0n) is 12.4. The first kappa shape index (κ1) is 16.0. The Hall–Kier alpha value is -1.07. The SMILES string of the molecule is CCC(C)CNS(=O)(=O)c1c(C)c(C)cc(N)c1C. The van der Waals surface area contributed by atoms with Crippen LogP contribution in [0.3, 0.4) is 0 Å². The Morgan fingerprint density at radius 1 is 1.26 bits per heavy atom. The summed E-state index contributed by atoms with van der Waals surface area (Å²) in [6.45, 7) is 9.95. The van der Waals surface area contributed by atoms with Gasteiger partial charge in [-0.1, -0.05) is 20.3 Å². The third-order valence-corrected chi connectivity index (χ3v) is 5.36. The summed E-state index contributed by atoms with van der Waals surface area (Å²) >= 11 is 0. The summed E-state index contributed by atoms with van der Waals surface area (Å²) in [5.74, 6) is 0.317. The molecule has 0 saturated heterocycles. The molecule has 108 valence electrons. The lowest BCUT2D eigenvalue weighted by Crippen LogP contribution is -2.29. The lowest BCUT2D eigenvalue weighted by atomic mass is 10.1. The van der Waals surface area contributed by atoms with Crippen molar-refractivity contribution in [2.24, 2.45) is 5.92 Å². The second-order valence-electron chi connectivity index (χ2n) is 5.23. The number of hydrogen-bond donors (Lipinski definition) is 2. The number of benzene rings is 1. The Balaban J connectivity index is 3.22. The number of aryl methyl sites for hydroxylation is 1. The minimum atomic E-state index is -3.50. The highest BCUT2D eigenvalue weighted by Crippen LogP contribution is 2.27. The molecule has 5 heteroatoms. The summed E-state index contributed by atoms with van der Waals surface area (Å²) in [4.78, 5) is 0.327. The van der Waals surface area contributed by atoms with Gasteiger partial charge >= 0.3 is 0 Å². The average Bonchev–Trinajstić information content (AvgIpc) is 2.33. The van der Waals surface area contributed by atoms with Gasteiger partial charge in [-0.2, -0.15) is 0 Å². The first-order valence-corrected chi connectivity index (χ1v) is 8.05. The lowest BCUT2D eigenvalue weighted by molar-refractivity contribution is 0.528. The third-order valence-electron chi connectivity index (χ3n) is 3.67. The Labute approximate surface area is 116 Å². The zero-order chi connectivity index (χ0) is 14.8. The van der Waals surface area contributed by atoms with Gasteiger partial charge in [0, 0.05) is 12.2 Å². The lowest BCUT2D eigenvalue weighted by Gasteiger charge is -2.17. The maximum atomic E-state index is 12.4. The molecule has 0 saturated carbocycles. The predicted molar refractivity (Wildman–Crippen MR) is 79.7 cm³/mol. The number of rotatable bonds is 5. The van der Waals surface area contributed by atoms with Crippen LogP contribution in [-0.2, 0) is 10.0 Å². The van der Waals surface area contributed by atoms with Crippen molar-refractivity contribution >= 4 is 15.7 Å². The van der Waals surface area contributed by atoms with Crippen LogP contribution in [0.1, 0.15) is 37.0 Å². The fourth-order valence-electron chi connectivity index (χ4n) is 1.91. The van der Waals surface area contributed by atoms with Crippen molar-refractivity contribution < 1.29 is 8.42 Å². The molecule has 1 aromatic carbocycles. The van der Waals surface area contributed by atoms with E-state index in [0.29, 0.717) is 28.6 Å². The molecule has 0 aliphatic rings. The van der Waals surface area contributed by atoms with Gasteiger partial charge in [0.05, 0.1) is 4.90 Å². The van der Waals surface area contributed by atoms with E-state index in [9.17, 15) is 8.42 Å². The number of nitrogens with two attached hydrogens (primary N) is 1. The van der Waals surface area contributed by atoms with Crippen molar-refractivity contribution in [2.45, 2.75) is 45.9 Å². The standard InChI is InChI=1S/C14H24N2O2S/c1-6-9(2)8-16-19(17,18)14-11(4)10(3)7-13(15)12(14)5/h7,9,16H,6,8,15H2,1-5H3. The van der Waals surface area contributed by atoms with Crippen LogP contribution in [0.15, 0.2) is 11.0 Å². The highest BCUT2D eigenvalue weighted by atomic mass is 32.2. The summed E-state index contributed by atoms with van der Waals surface area (Å²) in [5.41, 5.74) is 8.68. The van der Waals surface area contributed by atoms with Crippen LogP contribution in [0.2, 0.25) is 0 Å². The minimum Gasteiger partial charge on any atom is -0.398 e. The molecule has 1 atom stereocenters. The maximum Gasteiger partial charge on any atom is 0.241 e. The van der Waals surface area contributed by atoms with E-state index in [0.717, 1.165) is 17.5 Å². The van der Waals surface area contributed by atoms with Gasteiger partial charge in [-0.25, -0.2) is 13.1 Å². The number of nitrogen functional groups attached to an aromatic ring is 1. The first-order valence-electron chi connectivity index (χ1n) is 6.56. The number of anilines is 1. The molecular formula is C14H24N2O2S. The molecule has 1 unspecified atom stereocenters. The van der Waals surface area contributed by atoms with E-state index in [1.54, 1.807) is 6.92 Å². The van der Waals surface area contributed by atoms with E-state index in [-0.39, 0.29) is 0 Å². The molecule has 0 radical (unpaired) electrons. The second-order valence-corrected chi connectivity index (χ2v) is 6.93.